The first kappa shape index (κ1) is 18.6. The molecular weight excluding hydrogens is 296 g/mol. The molecule has 0 saturated carbocycles. The van der Waals surface area contributed by atoms with E-state index in [4.69, 9.17) is 11.5 Å². The standard InChI is InChI=1S/C20H30N4/c21-17-20(22,11-13-23-15-18-7-3-1-4-8-18)12-14-24-16-19-9-5-2-6-10-19/h1-10,23-24H,11-17,21-22H2. The van der Waals surface area contributed by atoms with Gasteiger partial charge in [0, 0.05) is 25.2 Å². The third-order valence-electron chi connectivity index (χ3n) is 4.35. The summed E-state index contributed by atoms with van der Waals surface area (Å²) in [7, 11) is 0. The van der Waals surface area contributed by atoms with E-state index in [1.807, 2.05) is 12.1 Å². The van der Waals surface area contributed by atoms with Gasteiger partial charge in [-0.05, 0) is 37.1 Å². The molecule has 0 saturated heterocycles. The summed E-state index contributed by atoms with van der Waals surface area (Å²) in [6.07, 6.45) is 1.76. The van der Waals surface area contributed by atoms with Gasteiger partial charge in [-0.25, -0.2) is 0 Å². The molecule has 0 aliphatic heterocycles. The molecule has 0 fully saturated rings. The monoisotopic (exact) mass is 326 g/mol. The van der Waals surface area contributed by atoms with Crippen LogP contribution in [-0.4, -0.2) is 25.2 Å². The number of nitrogens with two attached hydrogens (primary N) is 2. The van der Waals surface area contributed by atoms with Crippen molar-refractivity contribution in [1.29, 1.82) is 0 Å². The van der Waals surface area contributed by atoms with Gasteiger partial charge in [0.2, 0.25) is 0 Å². The summed E-state index contributed by atoms with van der Waals surface area (Å²) in [5.74, 6) is 0. The van der Waals surface area contributed by atoms with Crippen LogP contribution in [0.3, 0.4) is 0 Å². The van der Waals surface area contributed by atoms with E-state index in [1.54, 1.807) is 0 Å². The molecule has 130 valence electrons. The fraction of sp³-hybridized carbons (Fsp3) is 0.400. The maximum absolute atomic E-state index is 6.45. The minimum absolute atomic E-state index is 0.312. The van der Waals surface area contributed by atoms with Crippen molar-refractivity contribution in [2.75, 3.05) is 19.6 Å². The number of hydrogen-bond donors (Lipinski definition) is 4. The molecule has 0 heterocycles. The van der Waals surface area contributed by atoms with Gasteiger partial charge in [-0.15, -0.1) is 0 Å². The van der Waals surface area contributed by atoms with Crippen molar-refractivity contribution in [2.24, 2.45) is 11.5 Å². The van der Waals surface area contributed by atoms with Crippen LogP contribution in [0.25, 0.3) is 0 Å². The van der Waals surface area contributed by atoms with Gasteiger partial charge < -0.3 is 22.1 Å². The van der Waals surface area contributed by atoms with Crippen LogP contribution in [0, 0.1) is 0 Å². The van der Waals surface area contributed by atoms with E-state index in [2.05, 4.69) is 59.2 Å². The van der Waals surface area contributed by atoms with Crippen LogP contribution in [0.15, 0.2) is 60.7 Å². The van der Waals surface area contributed by atoms with E-state index < -0.39 is 0 Å². The Kier molecular flexibility index (Phi) is 7.92. The number of rotatable bonds is 11. The summed E-state index contributed by atoms with van der Waals surface area (Å²) < 4.78 is 0. The molecule has 2 aromatic rings. The second-order valence-corrected chi connectivity index (χ2v) is 6.39. The fourth-order valence-corrected chi connectivity index (χ4v) is 2.66. The molecule has 0 aliphatic rings. The summed E-state index contributed by atoms with van der Waals surface area (Å²) in [5, 5.41) is 6.90. The van der Waals surface area contributed by atoms with E-state index >= 15 is 0 Å². The third-order valence-corrected chi connectivity index (χ3v) is 4.35. The Bertz CT molecular complexity index is 509. The first-order valence-electron chi connectivity index (χ1n) is 8.70. The van der Waals surface area contributed by atoms with Crippen LogP contribution in [0.5, 0.6) is 0 Å². The lowest BCUT2D eigenvalue weighted by Gasteiger charge is -2.28. The molecular formula is C20H30N4. The van der Waals surface area contributed by atoms with E-state index in [0.717, 1.165) is 39.0 Å². The minimum Gasteiger partial charge on any atom is -0.329 e. The van der Waals surface area contributed by atoms with E-state index in [-0.39, 0.29) is 5.54 Å². The Morgan fingerprint density at radius 1 is 0.708 bits per heavy atom. The summed E-state index contributed by atoms with van der Waals surface area (Å²) in [4.78, 5) is 0. The van der Waals surface area contributed by atoms with E-state index in [1.165, 1.54) is 11.1 Å². The lowest BCUT2D eigenvalue weighted by Crippen LogP contribution is -2.50. The highest BCUT2D eigenvalue weighted by Crippen LogP contribution is 2.09. The van der Waals surface area contributed by atoms with Crippen molar-refractivity contribution in [1.82, 2.24) is 10.6 Å². The molecule has 0 aliphatic carbocycles. The molecule has 6 N–H and O–H groups in total. The van der Waals surface area contributed by atoms with Gasteiger partial charge in [0.1, 0.15) is 0 Å². The van der Waals surface area contributed by atoms with Crippen LogP contribution >= 0.6 is 0 Å². The fourth-order valence-electron chi connectivity index (χ4n) is 2.66. The summed E-state index contributed by atoms with van der Waals surface area (Å²) in [5.41, 5.74) is 14.6. The number of benzene rings is 2. The lowest BCUT2D eigenvalue weighted by molar-refractivity contribution is 0.358. The van der Waals surface area contributed by atoms with Crippen molar-refractivity contribution in [3.8, 4) is 0 Å². The zero-order chi connectivity index (χ0) is 17.1. The minimum atomic E-state index is -0.312. The molecule has 0 atom stereocenters. The predicted octanol–water partition coefficient (Wildman–Crippen LogP) is 2.00. The Hall–Kier alpha value is -1.72. The molecule has 0 amide bonds. The Morgan fingerprint density at radius 2 is 1.12 bits per heavy atom. The normalized spacial score (nSPS) is 11.6. The highest BCUT2D eigenvalue weighted by molar-refractivity contribution is 5.15. The average molecular weight is 326 g/mol. The van der Waals surface area contributed by atoms with Crippen molar-refractivity contribution in [3.05, 3.63) is 71.8 Å². The van der Waals surface area contributed by atoms with Crippen LogP contribution in [0.4, 0.5) is 0 Å². The molecule has 2 aromatic carbocycles. The van der Waals surface area contributed by atoms with Gasteiger partial charge in [0.25, 0.3) is 0 Å². The Labute approximate surface area is 145 Å². The Morgan fingerprint density at radius 3 is 1.50 bits per heavy atom. The first-order valence-corrected chi connectivity index (χ1v) is 8.70. The van der Waals surface area contributed by atoms with Gasteiger partial charge in [-0.1, -0.05) is 60.7 Å². The zero-order valence-electron chi connectivity index (χ0n) is 14.4. The molecule has 0 spiro atoms. The van der Waals surface area contributed by atoms with Gasteiger partial charge in [0.15, 0.2) is 0 Å². The first-order chi connectivity index (χ1) is 11.7. The molecule has 24 heavy (non-hydrogen) atoms. The summed E-state index contributed by atoms with van der Waals surface area (Å²) >= 11 is 0. The van der Waals surface area contributed by atoms with Crippen LogP contribution in [-0.2, 0) is 13.1 Å². The maximum atomic E-state index is 6.45. The van der Waals surface area contributed by atoms with Crippen molar-refractivity contribution in [3.63, 3.8) is 0 Å². The van der Waals surface area contributed by atoms with Crippen LogP contribution in [0.1, 0.15) is 24.0 Å². The molecule has 0 radical (unpaired) electrons. The van der Waals surface area contributed by atoms with Crippen LogP contribution < -0.4 is 22.1 Å². The third kappa shape index (κ3) is 6.81. The van der Waals surface area contributed by atoms with Gasteiger partial charge in [-0.3, -0.25) is 0 Å². The van der Waals surface area contributed by atoms with Gasteiger partial charge in [0.05, 0.1) is 0 Å². The Balaban J connectivity index is 1.63. The zero-order valence-corrected chi connectivity index (χ0v) is 14.4. The lowest BCUT2D eigenvalue weighted by atomic mass is 9.92. The van der Waals surface area contributed by atoms with Gasteiger partial charge in [-0.2, -0.15) is 0 Å². The second kappa shape index (κ2) is 10.2. The molecule has 0 aromatic heterocycles. The molecule has 2 rings (SSSR count). The highest BCUT2D eigenvalue weighted by Gasteiger charge is 2.21. The van der Waals surface area contributed by atoms with Gasteiger partial charge >= 0.3 is 0 Å². The van der Waals surface area contributed by atoms with Crippen molar-refractivity contribution >= 4 is 0 Å². The molecule has 4 heteroatoms. The number of nitrogens with one attached hydrogen (secondary N) is 2. The summed E-state index contributed by atoms with van der Waals surface area (Å²) in [6, 6.07) is 20.8. The average Bonchev–Trinajstić information content (AvgIpc) is 2.64. The highest BCUT2D eigenvalue weighted by atomic mass is 14.9. The predicted molar refractivity (Wildman–Crippen MR) is 102 cm³/mol. The second-order valence-electron chi connectivity index (χ2n) is 6.39. The smallest absolute Gasteiger partial charge is 0.0302 e. The van der Waals surface area contributed by atoms with Crippen LogP contribution in [0.2, 0.25) is 0 Å². The quantitative estimate of drug-likeness (QED) is 0.477. The topological polar surface area (TPSA) is 76.1 Å². The van der Waals surface area contributed by atoms with Crippen molar-refractivity contribution in [2.45, 2.75) is 31.5 Å². The molecule has 4 nitrogen and oxygen atoms in total. The number of hydrogen-bond acceptors (Lipinski definition) is 4. The summed E-state index contributed by atoms with van der Waals surface area (Å²) in [6.45, 7) is 4.00. The molecule has 0 unspecified atom stereocenters. The van der Waals surface area contributed by atoms with E-state index in [9.17, 15) is 0 Å². The largest absolute Gasteiger partial charge is 0.329 e. The molecule has 0 bridgehead atoms. The van der Waals surface area contributed by atoms with Crippen molar-refractivity contribution < 1.29 is 0 Å². The maximum Gasteiger partial charge on any atom is 0.0302 e. The SMILES string of the molecule is NCC(N)(CCNCc1ccccc1)CCNCc1ccccc1. The van der Waals surface area contributed by atoms with E-state index in [0.29, 0.717) is 6.54 Å².